The number of carbonyl (C=O) groups is 3. The zero-order valence-electron chi connectivity index (χ0n) is 16.9. The average Bonchev–Trinajstić information content (AvgIpc) is 2.73. The number of nitrogens with one attached hydrogen (secondary N) is 1. The van der Waals surface area contributed by atoms with Gasteiger partial charge in [0.25, 0.3) is 11.8 Å². The highest BCUT2D eigenvalue weighted by atomic mass is 16.5. The Morgan fingerprint density at radius 3 is 2.07 bits per heavy atom. The van der Waals surface area contributed by atoms with E-state index < -0.39 is 0 Å². The van der Waals surface area contributed by atoms with E-state index in [0.717, 1.165) is 5.56 Å². The van der Waals surface area contributed by atoms with Crippen molar-refractivity contribution in [3.63, 3.8) is 0 Å². The quantitative estimate of drug-likeness (QED) is 0.863. The molecule has 0 atom stereocenters. The van der Waals surface area contributed by atoms with Gasteiger partial charge in [0.2, 0.25) is 5.91 Å². The lowest BCUT2D eigenvalue weighted by atomic mass is 10.1. The van der Waals surface area contributed by atoms with Gasteiger partial charge in [-0.15, -0.1) is 0 Å². The zero-order valence-corrected chi connectivity index (χ0v) is 16.9. The number of anilines is 1. The first-order valence-electron chi connectivity index (χ1n) is 9.50. The minimum atomic E-state index is -0.275. The van der Waals surface area contributed by atoms with E-state index >= 15 is 0 Å². The van der Waals surface area contributed by atoms with Crippen molar-refractivity contribution in [1.82, 2.24) is 9.80 Å². The van der Waals surface area contributed by atoms with Gasteiger partial charge in [-0.25, -0.2) is 0 Å². The molecule has 152 valence electrons. The number of carbonyl (C=O) groups excluding carboxylic acids is 3. The molecule has 0 spiro atoms. The third-order valence-electron chi connectivity index (χ3n) is 5.01. The minimum Gasteiger partial charge on any atom is -0.495 e. The Morgan fingerprint density at radius 1 is 0.897 bits per heavy atom. The number of hydrogen-bond acceptors (Lipinski definition) is 4. The van der Waals surface area contributed by atoms with Crippen molar-refractivity contribution in [1.29, 1.82) is 0 Å². The second kappa shape index (κ2) is 8.77. The molecule has 0 saturated carbocycles. The lowest BCUT2D eigenvalue weighted by molar-refractivity contribution is -0.130. The number of aryl methyl sites for hydroxylation is 1. The van der Waals surface area contributed by atoms with Gasteiger partial charge in [-0.05, 0) is 48.9 Å². The molecular weight excluding hydrogens is 370 g/mol. The number of methoxy groups -OCH3 is 1. The van der Waals surface area contributed by atoms with Gasteiger partial charge in [-0.3, -0.25) is 14.4 Å². The Hall–Kier alpha value is -3.35. The summed E-state index contributed by atoms with van der Waals surface area (Å²) in [6, 6.07) is 12.1. The van der Waals surface area contributed by atoms with Gasteiger partial charge < -0.3 is 19.9 Å². The van der Waals surface area contributed by atoms with E-state index in [1.807, 2.05) is 19.1 Å². The van der Waals surface area contributed by atoms with Crippen molar-refractivity contribution in [2.45, 2.75) is 13.8 Å². The van der Waals surface area contributed by atoms with Crippen molar-refractivity contribution in [3.05, 3.63) is 59.2 Å². The summed E-state index contributed by atoms with van der Waals surface area (Å²) >= 11 is 0. The highest BCUT2D eigenvalue weighted by Crippen LogP contribution is 2.25. The highest BCUT2D eigenvalue weighted by Gasteiger charge is 2.23. The molecule has 1 fully saturated rings. The predicted octanol–water partition coefficient (Wildman–Crippen LogP) is 2.56. The largest absolute Gasteiger partial charge is 0.495 e. The molecule has 2 aromatic rings. The maximum atomic E-state index is 12.7. The van der Waals surface area contributed by atoms with Gasteiger partial charge in [0.05, 0.1) is 12.8 Å². The molecule has 0 aromatic heterocycles. The lowest BCUT2D eigenvalue weighted by Gasteiger charge is -2.34. The van der Waals surface area contributed by atoms with Gasteiger partial charge in [0.15, 0.2) is 0 Å². The summed E-state index contributed by atoms with van der Waals surface area (Å²) in [7, 11) is 1.55. The maximum absolute atomic E-state index is 12.7. The van der Waals surface area contributed by atoms with Crippen molar-refractivity contribution in [2.24, 2.45) is 0 Å². The lowest BCUT2D eigenvalue weighted by Crippen LogP contribution is -2.50. The number of benzene rings is 2. The monoisotopic (exact) mass is 395 g/mol. The van der Waals surface area contributed by atoms with E-state index in [1.54, 1.807) is 47.2 Å². The molecule has 0 aliphatic carbocycles. The molecule has 1 aliphatic rings. The Balaban J connectivity index is 1.65. The molecule has 0 unspecified atom stereocenters. The molecule has 0 radical (unpaired) electrons. The van der Waals surface area contributed by atoms with E-state index in [1.165, 1.54) is 6.92 Å². The first-order chi connectivity index (χ1) is 13.9. The fourth-order valence-corrected chi connectivity index (χ4v) is 3.29. The molecule has 7 heteroatoms. The Bertz CT molecular complexity index is 916. The highest BCUT2D eigenvalue weighted by molar-refractivity contribution is 6.05. The third-order valence-corrected chi connectivity index (χ3v) is 5.01. The normalized spacial score (nSPS) is 13.8. The molecule has 1 aliphatic heterocycles. The van der Waals surface area contributed by atoms with Crippen LogP contribution < -0.4 is 10.1 Å². The summed E-state index contributed by atoms with van der Waals surface area (Å²) in [4.78, 5) is 40.1. The van der Waals surface area contributed by atoms with Crippen molar-refractivity contribution < 1.29 is 19.1 Å². The minimum absolute atomic E-state index is 0.0257. The van der Waals surface area contributed by atoms with Crippen LogP contribution in [0.4, 0.5) is 5.69 Å². The van der Waals surface area contributed by atoms with Gasteiger partial charge in [-0.1, -0.05) is 6.07 Å². The number of amides is 3. The Morgan fingerprint density at radius 2 is 1.48 bits per heavy atom. The van der Waals surface area contributed by atoms with E-state index in [2.05, 4.69) is 5.32 Å². The van der Waals surface area contributed by atoms with Crippen LogP contribution >= 0.6 is 0 Å². The second-order valence-corrected chi connectivity index (χ2v) is 7.03. The van der Waals surface area contributed by atoms with Crippen LogP contribution in [0.1, 0.15) is 33.2 Å². The van der Waals surface area contributed by atoms with Gasteiger partial charge in [0.1, 0.15) is 5.75 Å². The number of hydrogen-bond donors (Lipinski definition) is 1. The molecule has 2 aromatic carbocycles. The topological polar surface area (TPSA) is 79.0 Å². The second-order valence-electron chi connectivity index (χ2n) is 7.03. The van der Waals surface area contributed by atoms with Crippen LogP contribution in [0.15, 0.2) is 42.5 Å². The molecule has 7 nitrogen and oxygen atoms in total. The van der Waals surface area contributed by atoms with Crippen LogP contribution in [0.3, 0.4) is 0 Å². The van der Waals surface area contributed by atoms with Crippen LogP contribution in [0.5, 0.6) is 5.75 Å². The molecule has 3 rings (SSSR count). The summed E-state index contributed by atoms with van der Waals surface area (Å²) in [6.07, 6.45) is 0. The van der Waals surface area contributed by atoms with Crippen LogP contribution in [-0.2, 0) is 4.79 Å². The summed E-state index contributed by atoms with van der Waals surface area (Å²) in [5.41, 5.74) is 2.57. The van der Waals surface area contributed by atoms with E-state index in [9.17, 15) is 14.4 Å². The van der Waals surface area contributed by atoms with Crippen LogP contribution in [0, 0.1) is 6.92 Å². The number of ether oxygens (including phenoxy) is 1. The molecule has 1 heterocycles. The Kier molecular flexibility index (Phi) is 6.16. The summed E-state index contributed by atoms with van der Waals surface area (Å²) < 4.78 is 5.29. The van der Waals surface area contributed by atoms with Crippen LogP contribution in [0.25, 0.3) is 0 Å². The number of rotatable bonds is 4. The van der Waals surface area contributed by atoms with E-state index in [4.69, 9.17) is 4.74 Å². The number of piperazine rings is 1. The smallest absolute Gasteiger partial charge is 0.255 e. The fourth-order valence-electron chi connectivity index (χ4n) is 3.29. The standard InChI is InChI=1S/C22H25N3O4/c1-15-4-9-20(29-3)19(14-15)23-21(27)17-5-7-18(8-6-17)22(28)25-12-10-24(11-13-25)16(2)26/h4-9,14H,10-13H2,1-3H3,(H,23,27). The zero-order chi connectivity index (χ0) is 21.0. The first kappa shape index (κ1) is 20.4. The molecule has 0 bridgehead atoms. The third kappa shape index (κ3) is 4.74. The van der Waals surface area contributed by atoms with Gasteiger partial charge in [0, 0.05) is 44.2 Å². The summed E-state index contributed by atoms with van der Waals surface area (Å²) in [5, 5.41) is 2.85. The average molecular weight is 395 g/mol. The molecule has 3 amide bonds. The van der Waals surface area contributed by atoms with Crippen LogP contribution in [0.2, 0.25) is 0 Å². The van der Waals surface area contributed by atoms with Crippen LogP contribution in [-0.4, -0.2) is 60.8 Å². The van der Waals surface area contributed by atoms with Gasteiger partial charge >= 0.3 is 0 Å². The molecule has 1 saturated heterocycles. The van der Waals surface area contributed by atoms with Gasteiger partial charge in [-0.2, -0.15) is 0 Å². The van der Waals surface area contributed by atoms with E-state index in [-0.39, 0.29) is 17.7 Å². The summed E-state index contributed by atoms with van der Waals surface area (Å²) in [5.74, 6) is 0.238. The summed E-state index contributed by atoms with van der Waals surface area (Å²) in [6.45, 7) is 5.57. The first-order valence-corrected chi connectivity index (χ1v) is 9.50. The molecular formula is C22H25N3O4. The van der Waals surface area contributed by atoms with E-state index in [0.29, 0.717) is 48.7 Å². The fraction of sp³-hybridized carbons (Fsp3) is 0.318. The molecule has 1 N–H and O–H groups in total. The maximum Gasteiger partial charge on any atom is 0.255 e. The SMILES string of the molecule is COc1ccc(C)cc1NC(=O)c1ccc(C(=O)N2CCN(C(C)=O)CC2)cc1. The molecule has 29 heavy (non-hydrogen) atoms. The van der Waals surface area contributed by atoms with Crippen molar-refractivity contribution in [2.75, 3.05) is 38.6 Å². The van der Waals surface area contributed by atoms with Crippen molar-refractivity contribution >= 4 is 23.4 Å². The van der Waals surface area contributed by atoms with Crippen molar-refractivity contribution in [3.8, 4) is 5.75 Å². The predicted molar refractivity (Wildman–Crippen MR) is 110 cm³/mol. The number of nitrogens with zero attached hydrogens (tertiary/aromatic N) is 2. The Labute approximate surface area is 170 Å².